The van der Waals surface area contributed by atoms with Crippen molar-refractivity contribution in [3.8, 4) is 5.69 Å². The zero-order valence-corrected chi connectivity index (χ0v) is 20.3. The fraction of sp³-hybridized carbons (Fsp3) is 0.217. The predicted molar refractivity (Wildman–Crippen MR) is 125 cm³/mol. The van der Waals surface area contributed by atoms with Crippen LogP contribution in [0, 0.1) is 0 Å². The molecule has 0 aliphatic heterocycles. The summed E-state index contributed by atoms with van der Waals surface area (Å²) in [5.74, 6) is -3.15. The number of hydrogen-bond donors (Lipinski definition) is 2. The Kier molecular flexibility index (Phi) is 7.04. The number of urea groups is 1. The van der Waals surface area contributed by atoms with Gasteiger partial charge in [-0.15, -0.1) is 0 Å². The number of nitrogens with one attached hydrogen (secondary N) is 2. The maximum absolute atomic E-state index is 14.4. The third-order valence-electron chi connectivity index (χ3n) is 5.43. The molecule has 0 radical (unpaired) electrons. The van der Waals surface area contributed by atoms with Crippen LogP contribution >= 0.6 is 11.6 Å². The van der Waals surface area contributed by atoms with E-state index in [1.807, 2.05) is 0 Å². The average molecular weight is 561 g/mol. The summed E-state index contributed by atoms with van der Waals surface area (Å²) in [5.41, 5.74) is -0.578. The summed E-state index contributed by atoms with van der Waals surface area (Å²) in [4.78, 5) is 11.9. The number of carbonyl (C=O) groups excluding carboxylic acids is 1. The largest absolute Gasteiger partial charge is 0.416 e. The molecule has 1 aromatic heterocycles. The Morgan fingerprint density at radius 2 is 1.84 bits per heavy atom. The van der Waals surface area contributed by atoms with Crippen LogP contribution in [0.1, 0.15) is 23.2 Å². The molecule has 0 atom stereocenters. The number of allylic oxidation sites excluding steroid dienone is 1. The molecule has 0 spiro atoms. The van der Waals surface area contributed by atoms with Crippen LogP contribution in [-0.4, -0.2) is 36.7 Å². The summed E-state index contributed by atoms with van der Waals surface area (Å²) >= 11 is 5.72. The van der Waals surface area contributed by atoms with E-state index in [9.17, 15) is 35.2 Å². The van der Waals surface area contributed by atoms with Gasteiger partial charge in [0.1, 0.15) is 0 Å². The topological polar surface area (TPSA) is 93.1 Å². The summed E-state index contributed by atoms with van der Waals surface area (Å²) in [6.07, 6.45) is -3.62. The van der Waals surface area contributed by atoms with Gasteiger partial charge in [-0.2, -0.15) is 18.3 Å². The average Bonchev–Trinajstić information content (AvgIpc) is 3.21. The first-order valence-electron chi connectivity index (χ1n) is 10.6. The van der Waals surface area contributed by atoms with Crippen LogP contribution in [-0.2, 0) is 22.6 Å². The van der Waals surface area contributed by atoms with Crippen molar-refractivity contribution in [1.29, 1.82) is 0 Å². The fourth-order valence-corrected chi connectivity index (χ4v) is 4.89. The van der Waals surface area contributed by atoms with E-state index in [1.54, 1.807) is 4.72 Å². The Bertz CT molecular complexity index is 1470. The first-order valence-corrected chi connectivity index (χ1v) is 12.5. The lowest BCUT2D eigenvalue weighted by Crippen LogP contribution is -2.39. The SMILES string of the molecule is O=C(NCC=C1CC(F)(F)Cc2cnn(-c3cccc(C(F)(F)F)c3)c21)NS(=O)(=O)c1ccc(Cl)cc1. The van der Waals surface area contributed by atoms with E-state index in [0.29, 0.717) is 5.02 Å². The van der Waals surface area contributed by atoms with Gasteiger partial charge in [-0.05, 0) is 48.0 Å². The number of amides is 2. The first-order chi connectivity index (χ1) is 17.2. The first kappa shape index (κ1) is 26.6. The van der Waals surface area contributed by atoms with Crippen LogP contribution in [0.3, 0.4) is 0 Å². The van der Waals surface area contributed by atoms with Crippen LogP contribution in [0.25, 0.3) is 11.3 Å². The molecule has 2 N–H and O–H groups in total. The van der Waals surface area contributed by atoms with Gasteiger partial charge < -0.3 is 5.32 Å². The molecule has 0 unspecified atom stereocenters. The van der Waals surface area contributed by atoms with E-state index in [1.165, 1.54) is 42.5 Å². The maximum Gasteiger partial charge on any atom is 0.416 e. The minimum atomic E-state index is -4.61. The second kappa shape index (κ2) is 9.78. The minimum absolute atomic E-state index is 0.0203. The van der Waals surface area contributed by atoms with Gasteiger partial charge in [0.05, 0.1) is 28.0 Å². The van der Waals surface area contributed by atoms with Gasteiger partial charge in [-0.25, -0.2) is 31.4 Å². The number of sulfonamides is 1. The van der Waals surface area contributed by atoms with Crippen molar-refractivity contribution in [2.75, 3.05) is 6.54 Å². The highest BCUT2D eigenvalue weighted by molar-refractivity contribution is 7.90. The zero-order valence-electron chi connectivity index (χ0n) is 18.7. The number of aromatic nitrogens is 2. The van der Waals surface area contributed by atoms with Gasteiger partial charge >= 0.3 is 12.2 Å². The quantitative estimate of drug-likeness (QED) is 0.420. The fourth-order valence-electron chi connectivity index (χ4n) is 3.83. The van der Waals surface area contributed by atoms with Crippen LogP contribution < -0.4 is 10.0 Å². The molecule has 4 rings (SSSR count). The molecule has 1 aliphatic rings. The minimum Gasteiger partial charge on any atom is -0.334 e. The molecule has 1 aliphatic carbocycles. The Morgan fingerprint density at radius 1 is 1.14 bits per heavy atom. The van der Waals surface area contributed by atoms with Crippen molar-refractivity contribution in [2.45, 2.75) is 29.8 Å². The van der Waals surface area contributed by atoms with E-state index < -0.39 is 46.6 Å². The summed E-state index contributed by atoms with van der Waals surface area (Å²) in [6, 6.07) is 8.21. The molecule has 0 saturated heterocycles. The number of halogens is 6. The number of fused-ring (bicyclic) bond motifs is 1. The zero-order chi connectivity index (χ0) is 27.0. The van der Waals surface area contributed by atoms with Crippen molar-refractivity contribution in [3.63, 3.8) is 0 Å². The van der Waals surface area contributed by atoms with Crippen molar-refractivity contribution >= 4 is 33.2 Å². The van der Waals surface area contributed by atoms with E-state index in [2.05, 4.69) is 10.4 Å². The molecule has 1 heterocycles. The monoisotopic (exact) mass is 560 g/mol. The summed E-state index contributed by atoms with van der Waals surface area (Å²) in [6.45, 7) is -0.347. The molecule has 0 bridgehead atoms. The second-order valence-corrected chi connectivity index (χ2v) is 10.3. The van der Waals surface area contributed by atoms with E-state index in [4.69, 9.17) is 11.6 Å². The van der Waals surface area contributed by atoms with E-state index >= 15 is 0 Å². The van der Waals surface area contributed by atoms with Gasteiger partial charge in [0.15, 0.2) is 0 Å². The van der Waals surface area contributed by atoms with Gasteiger partial charge in [0.2, 0.25) is 0 Å². The lowest BCUT2D eigenvalue weighted by molar-refractivity contribution is -0.137. The summed E-state index contributed by atoms with van der Waals surface area (Å²) in [5, 5.41) is 6.57. The highest BCUT2D eigenvalue weighted by Crippen LogP contribution is 2.41. The number of alkyl halides is 5. The van der Waals surface area contributed by atoms with Crippen molar-refractivity contribution < 1.29 is 35.2 Å². The number of rotatable bonds is 5. The third kappa shape index (κ3) is 6.10. The van der Waals surface area contributed by atoms with Crippen LogP contribution in [0.5, 0.6) is 0 Å². The van der Waals surface area contributed by atoms with Crippen molar-refractivity contribution in [3.05, 3.63) is 82.6 Å². The standard InChI is InChI=1S/C23H18ClF5N4O3S/c24-17-4-6-19(7-5-17)37(35,36)32-21(34)30-9-8-14-11-22(25,26)12-15-13-31-33(20(14)15)18-3-1-2-16(10-18)23(27,28)29/h1-8,10,13H,9,11-12H2,(H2,30,32,34). The highest BCUT2D eigenvalue weighted by Gasteiger charge is 2.39. The molecule has 14 heteroatoms. The lowest BCUT2D eigenvalue weighted by atomic mass is 9.89. The van der Waals surface area contributed by atoms with Gasteiger partial charge in [-0.1, -0.05) is 23.7 Å². The second-order valence-electron chi connectivity index (χ2n) is 8.19. The molecular weight excluding hydrogens is 543 g/mol. The van der Waals surface area contributed by atoms with E-state index in [-0.39, 0.29) is 34.0 Å². The third-order valence-corrected chi connectivity index (χ3v) is 7.03. The lowest BCUT2D eigenvalue weighted by Gasteiger charge is -2.25. The van der Waals surface area contributed by atoms with E-state index in [0.717, 1.165) is 23.0 Å². The molecule has 2 amide bonds. The number of hydrogen-bond acceptors (Lipinski definition) is 4. The molecule has 196 valence electrons. The van der Waals surface area contributed by atoms with Crippen LogP contribution in [0.15, 0.2) is 65.7 Å². The number of benzene rings is 2. The molecule has 37 heavy (non-hydrogen) atoms. The number of nitrogens with zero attached hydrogens (tertiary/aromatic N) is 2. The van der Waals surface area contributed by atoms with Crippen molar-refractivity contribution in [1.82, 2.24) is 19.8 Å². The normalized spacial score (nSPS) is 16.3. The van der Waals surface area contributed by atoms with Crippen LogP contribution in [0.4, 0.5) is 26.7 Å². The summed E-state index contributed by atoms with van der Waals surface area (Å²) < 4.78 is 95.8. The van der Waals surface area contributed by atoms with Crippen molar-refractivity contribution in [2.24, 2.45) is 0 Å². The maximum atomic E-state index is 14.4. The molecule has 7 nitrogen and oxygen atoms in total. The molecule has 3 aromatic rings. The Balaban J connectivity index is 1.56. The Morgan fingerprint density at radius 3 is 2.51 bits per heavy atom. The predicted octanol–water partition coefficient (Wildman–Crippen LogP) is 5.20. The van der Waals surface area contributed by atoms with Gasteiger partial charge in [-0.3, -0.25) is 0 Å². The van der Waals surface area contributed by atoms with Crippen LogP contribution in [0.2, 0.25) is 5.02 Å². The van der Waals surface area contributed by atoms with Gasteiger partial charge in [0, 0.05) is 30.0 Å². The molecule has 0 fully saturated rings. The Hall–Kier alpha value is -3.45. The molecule has 2 aromatic carbocycles. The smallest absolute Gasteiger partial charge is 0.334 e. The number of carbonyl (C=O) groups is 1. The molecular formula is C23H18ClF5N4O3S. The summed E-state index contributed by atoms with van der Waals surface area (Å²) in [7, 11) is -4.22. The molecule has 0 saturated carbocycles. The highest BCUT2D eigenvalue weighted by atomic mass is 35.5. The Labute approximate surface area is 213 Å². The van der Waals surface area contributed by atoms with Gasteiger partial charge in [0.25, 0.3) is 15.9 Å².